The van der Waals surface area contributed by atoms with E-state index in [9.17, 15) is 4.79 Å². The van der Waals surface area contributed by atoms with Gasteiger partial charge in [-0.3, -0.25) is 9.69 Å². The van der Waals surface area contributed by atoms with Crippen molar-refractivity contribution in [2.75, 3.05) is 19.6 Å². The summed E-state index contributed by atoms with van der Waals surface area (Å²) in [7, 11) is 0. The highest BCUT2D eigenvalue weighted by Crippen LogP contribution is 2.24. The van der Waals surface area contributed by atoms with E-state index in [2.05, 4.69) is 22.3 Å². The lowest BCUT2D eigenvalue weighted by molar-refractivity contribution is 0.0910. The fourth-order valence-corrected chi connectivity index (χ4v) is 3.05. The van der Waals surface area contributed by atoms with Crippen LogP contribution in [0.25, 0.3) is 0 Å². The molecule has 0 bridgehead atoms. The van der Waals surface area contributed by atoms with Crippen LogP contribution in [-0.2, 0) is 0 Å². The maximum Gasteiger partial charge on any atom is 0.287 e. The van der Waals surface area contributed by atoms with Gasteiger partial charge in [-0.25, -0.2) is 0 Å². The minimum absolute atomic E-state index is 0.193. The summed E-state index contributed by atoms with van der Waals surface area (Å²) in [5.74, 6) is 0.0188. The quantitative estimate of drug-likeness (QED) is 0.917. The van der Waals surface area contributed by atoms with E-state index >= 15 is 0 Å². The molecule has 3 rings (SSSR count). The minimum Gasteiger partial charge on any atom is -0.440 e. The average molecular weight is 319 g/mol. The second-order valence-electron chi connectivity index (χ2n) is 5.48. The third-order valence-corrected chi connectivity index (χ3v) is 4.22. The molecule has 5 heteroatoms. The minimum atomic E-state index is -0.230. The fraction of sp³-hybridized carbons (Fsp3) is 0.353. The first-order chi connectivity index (χ1) is 10.7. The molecule has 1 saturated heterocycles. The van der Waals surface area contributed by atoms with E-state index in [1.165, 1.54) is 18.4 Å². The van der Waals surface area contributed by atoms with Crippen LogP contribution in [0, 0.1) is 0 Å². The molecule has 1 aliphatic heterocycles. The Balaban J connectivity index is 1.69. The molecule has 1 atom stereocenters. The molecule has 0 radical (unpaired) electrons. The number of nitrogens with zero attached hydrogens (tertiary/aromatic N) is 1. The predicted octanol–water partition coefficient (Wildman–Crippen LogP) is 3.50. The molecule has 22 heavy (non-hydrogen) atoms. The SMILES string of the molecule is O=C(NCC(c1ccccc1)N1CCCC1)c1ccc(Cl)o1. The molecule has 1 unspecified atom stereocenters. The number of amides is 1. The number of benzene rings is 1. The van der Waals surface area contributed by atoms with Crippen LogP contribution in [0.4, 0.5) is 0 Å². The molecule has 0 saturated carbocycles. The van der Waals surface area contributed by atoms with E-state index < -0.39 is 0 Å². The van der Waals surface area contributed by atoms with Crippen LogP contribution in [0.3, 0.4) is 0 Å². The van der Waals surface area contributed by atoms with Gasteiger partial charge in [-0.05, 0) is 55.2 Å². The largest absolute Gasteiger partial charge is 0.440 e. The Morgan fingerprint density at radius 3 is 2.55 bits per heavy atom. The number of furan rings is 1. The molecule has 116 valence electrons. The van der Waals surface area contributed by atoms with Crippen LogP contribution in [-0.4, -0.2) is 30.4 Å². The number of hydrogen-bond donors (Lipinski definition) is 1. The molecule has 4 nitrogen and oxygen atoms in total. The summed E-state index contributed by atoms with van der Waals surface area (Å²) in [6.45, 7) is 2.70. The number of carbonyl (C=O) groups is 1. The summed E-state index contributed by atoms with van der Waals surface area (Å²) in [5.41, 5.74) is 1.22. The maximum absolute atomic E-state index is 12.1. The summed E-state index contributed by atoms with van der Waals surface area (Å²) < 4.78 is 5.15. The van der Waals surface area contributed by atoms with Gasteiger partial charge >= 0.3 is 0 Å². The lowest BCUT2D eigenvalue weighted by atomic mass is 10.1. The Morgan fingerprint density at radius 1 is 1.18 bits per heavy atom. The summed E-state index contributed by atoms with van der Waals surface area (Å²) in [6, 6.07) is 13.7. The van der Waals surface area contributed by atoms with Crippen LogP contribution < -0.4 is 5.32 Å². The number of nitrogens with one attached hydrogen (secondary N) is 1. The molecule has 1 N–H and O–H groups in total. The highest BCUT2D eigenvalue weighted by molar-refractivity contribution is 6.29. The Labute approximate surface area is 135 Å². The first-order valence-corrected chi connectivity index (χ1v) is 7.94. The van der Waals surface area contributed by atoms with Crippen molar-refractivity contribution >= 4 is 17.5 Å². The number of rotatable bonds is 5. The second kappa shape index (κ2) is 6.99. The molecule has 0 spiro atoms. The topological polar surface area (TPSA) is 45.5 Å². The van der Waals surface area contributed by atoms with E-state index in [-0.39, 0.29) is 22.9 Å². The zero-order valence-corrected chi connectivity index (χ0v) is 13.1. The second-order valence-corrected chi connectivity index (χ2v) is 5.86. The molecule has 1 aromatic carbocycles. The van der Waals surface area contributed by atoms with Crippen molar-refractivity contribution in [2.45, 2.75) is 18.9 Å². The summed E-state index contributed by atoms with van der Waals surface area (Å²) in [6.07, 6.45) is 2.43. The van der Waals surface area contributed by atoms with Crippen LogP contribution >= 0.6 is 11.6 Å². The third-order valence-electron chi connectivity index (χ3n) is 4.02. The van der Waals surface area contributed by atoms with Gasteiger partial charge in [0.25, 0.3) is 5.91 Å². The number of carbonyl (C=O) groups excluding carboxylic acids is 1. The zero-order chi connectivity index (χ0) is 15.4. The van der Waals surface area contributed by atoms with Crippen molar-refractivity contribution in [2.24, 2.45) is 0 Å². The van der Waals surface area contributed by atoms with Gasteiger partial charge in [0.2, 0.25) is 0 Å². The van der Waals surface area contributed by atoms with E-state index in [0.717, 1.165) is 13.1 Å². The molecule has 1 aliphatic rings. The van der Waals surface area contributed by atoms with Gasteiger partial charge in [-0.2, -0.15) is 0 Å². The van der Waals surface area contributed by atoms with E-state index in [1.54, 1.807) is 12.1 Å². The zero-order valence-electron chi connectivity index (χ0n) is 12.3. The van der Waals surface area contributed by atoms with E-state index in [0.29, 0.717) is 6.54 Å². The number of hydrogen-bond acceptors (Lipinski definition) is 3. The van der Waals surface area contributed by atoms with Crippen molar-refractivity contribution in [3.05, 3.63) is 59.0 Å². The lowest BCUT2D eigenvalue weighted by Crippen LogP contribution is -2.36. The molecule has 2 aromatic rings. The molecule has 1 amide bonds. The average Bonchev–Trinajstić information content (AvgIpc) is 3.20. The molecular weight excluding hydrogens is 300 g/mol. The lowest BCUT2D eigenvalue weighted by Gasteiger charge is -2.28. The van der Waals surface area contributed by atoms with Crippen molar-refractivity contribution in [1.82, 2.24) is 10.2 Å². The fourth-order valence-electron chi connectivity index (χ4n) is 2.90. The molecule has 2 heterocycles. The Morgan fingerprint density at radius 2 is 1.91 bits per heavy atom. The van der Waals surface area contributed by atoms with Gasteiger partial charge < -0.3 is 9.73 Å². The van der Waals surface area contributed by atoms with Crippen molar-refractivity contribution < 1.29 is 9.21 Å². The smallest absolute Gasteiger partial charge is 0.287 e. The highest BCUT2D eigenvalue weighted by Gasteiger charge is 2.24. The number of likely N-dealkylation sites (tertiary alicyclic amines) is 1. The monoisotopic (exact) mass is 318 g/mol. The van der Waals surface area contributed by atoms with Gasteiger partial charge in [-0.15, -0.1) is 0 Å². The first-order valence-electron chi connectivity index (χ1n) is 7.56. The van der Waals surface area contributed by atoms with Crippen LogP contribution in [0.2, 0.25) is 5.22 Å². The highest BCUT2D eigenvalue weighted by atomic mass is 35.5. The first kappa shape index (κ1) is 15.1. The van der Waals surface area contributed by atoms with Gasteiger partial charge in [-0.1, -0.05) is 30.3 Å². The molecule has 0 aliphatic carbocycles. The van der Waals surface area contributed by atoms with Crippen molar-refractivity contribution in [3.8, 4) is 0 Å². The van der Waals surface area contributed by atoms with Crippen LogP contribution in [0.1, 0.15) is 35.0 Å². The van der Waals surface area contributed by atoms with E-state index in [1.807, 2.05) is 18.2 Å². The normalized spacial score (nSPS) is 16.6. The summed E-state index contributed by atoms with van der Waals surface area (Å²) >= 11 is 5.71. The van der Waals surface area contributed by atoms with Crippen molar-refractivity contribution in [3.63, 3.8) is 0 Å². The van der Waals surface area contributed by atoms with Gasteiger partial charge in [0.15, 0.2) is 11.0 Å². The molecular formula is C17H19ClN2O2. The maximum atomic E-state index is 12.1. The predicted molar refractivity (Wildman–Crippen MR) is 86.0 cm³/mol. The Kier molecular flexibility index (Phi) is 4.80. The number of halogens is 1. The van der Waals surface area contributed by atoms with Gasteiger partial charge in [0.1, 0.15) is 0 Å². The molecule has 1 aromatic heterocycles. The van der Waals surface area contributed by atoms with Gasteiger partial charge in [0, 0.05) is 6.54 Å². The molecule has 1 fully saturated rings. The summed E-state index contributed by atoms with van der Waals surface area (Å²) in [5, 5.41) is 3.18. The van der Waals surface area contributed by atoms with Crippen molar-refractivity contribution in [1.29, 1.82) is 0 Å². The standard InChI is InChI=1S/C17H19ClN2O2/c18-16-9-8-15(22-16)17(21)19-12-14(20-10-4-5-11-20)13-6-2-1-3-7-13/h1-3,6-9,14H,4-5,10-12H2,(H,19,21). The van der Waals surface area contributed by atoms with Gasteiger partial charge in [0.05, 0.1) is 6.04 Å². The van der Waals surface area contributed by atoms with Crippen LogP contribution in [0.15, 0.2) is 46.9 Å². The third kappa shape index (κ3) is 3.51. The Hall–Kier alpha value is -1.78. The Bertz CT molecular complexity index is 621. The summed E-state index contributed by atoms with van der Waals surface area (Å²) in [4.78, 5) is 14.5. The van der Waals surface area contributed by atoms with E-state index in [4.69, 9.17) is 16.0 Å². The van der Waals surface area contributed by atoms with Crippen LogP contribution in [0.5, 0.6) is 0 Å².